The van der Waals surface area contributed by atoms with E-state index in [9.17, 15) is 9.59 Å². The molecule has 0 aromatic heterocycles. The summed E-state index contributed by atoms with van der Waals surface area (Å²) >= 11 is 0. The number of ether oxygens (including phenoxy) is 4. The molecule has 0 atom stereocenters. The van der Waals surface area contributed by atoms with E-state index in [1.807, 2.05) is 48.5 Å². The fourth-order valence-corrected chi connectivity index (χ4v) is 4.91. The lowest BCUT2D eigenvalue weighted by Crippen LogP contribution is -2.31. The van der Waals surface area contributed by atoms with E-state index in [4.69, 9.17) is 24.7 Å². The number of imide groups is 1. The third kappa shape index (κ3) is 12.0. The number of amides is 2. The molecular weight excluding hydrogens is 580 g/mol. The van der Waals surface area contributed by atoms with Gasteiger partial charge in [-0.05, 0) is 68.6 Å². The van der Waals surface area contributed by atoms with Crippen molar-refractivity contribution in [2.45, 2.75) is 78.1 Å². The van der Waals surface area contributed by atoms with Crippen molar-refractivity contribution < 1.29 is 28.5 Å². The topological polar surface area (TPSA) is 100 Å². The molecule has 1 aliphatic rings. The quantitative estimate of drug-likeness (QED) is 0.0936. The third-order valence-corrected chi connectivity index (χ3v) is 7.48. The number of hydrogen-bond acceptors (Lipinski definition) is 7. The van der Waals surface area contributed by atoms with Crippen LogP contribution >= 0.6 is 0 Å². The minimum atomic E-state index is -0.226. The van der Waals surface area contributed by atoms with Gasteiger partial charge in [-0.3, -0.25) is 14.5 Å². The van der Waals surface area contributed by atoms with Crippen LogP contribution in [0.2, 0.25) is 0 Å². The Bertz CT molecular complexity index is 1280. The van der Waals surface area contributed by atoms with Gasteiger partial charge in [-0.15, -0.1) is 0 Å². The number of carbonyl (C=O) groups excluding carboxylic acids is 2. The summed E-state index contributed by atoms with van der Waals surface area (Å²) in [5.41, 5.74) is 6.41. The highest BCUT2D eigenvalue weighted by Crippen LogP contribution is 2.28. The summed E-state index contributed by atoms with van der Waals surface area (Å²) in [6, 6.07) is 22.4. The van der Waals surface area contributed by atoms with Gasteiger partial charge in [-0.25, -0.2) is 0 Å². The van der Waals surface area contributed by atoms with E-state index in [0.29, 0.717) is 56.2 Å². The minimum Gasteiger partial charge on any atom is -0.490 e. The van der Waals surface area contributed by atoms with E-state index < -0.39 is 0 Å². The molecule has 250 valence electrons. The summed E-state index contributed by atoms with van der Waals surface area (Å²) in [4.78, 5) is 26.0. The molecule has 0 fully saturated rings. The summed E-state index contributed by atoms with van der Waals surface area (Å²) in [6.45, 7) is 7.88. The first kappa shape index (κ1) is 36.4. The maximum Gasteiger partial charge on any atom is 0.261 e. The molecule has 0 radical (unpaired) electrons. The van der Waals surface area contributed by atoms with Gasteiger partial charge in [0.05, 0.1) is 37.6 Å². The molecule has 0 aliphatic carbocycles. The van der Waals surface area contributed by atoms with Crippen LogP contribution in [-0.4, -0.2) is 56.2 Å². The second kappa shape index (κ2) is 21.7. The van der Waals surface area contributed by atoms with Crippen LogP contribution in [-0.2, 0) is 0 Å². The first-order valence-electron chi connectivity index (χ1n) is 16.9. The Balaban J connectivity index is 0.000000277. The predicted octanol–water partition coefficient (Wildman–Crippen LogP) is 8.08. The van der Waals surface area contributed by atoms with Gasteiger partial charge in [0.15, 0.2) is 23.0 Å². The second-order valence-corrected chi connectivity index (χ2v) is 11.2. The summed E-state index contributed by atoms with van der Waals surface area (Å²) in [5, 5.41) is 0. The fourth-order valence-electron chi connectivity index (χ4n) is 4.91. The van der Waals surface area contributed by atoms with Gasteiger partial charge in [0, 0.05) is 6.54 Å². The van der Waals surface area contributed by atoms with Gasteiger partial charge in [-0.2, -0.15) is 0 Å². The van der Waals surface area contributed by atoms with Crippen LogP contribution in [0.3, 0.4) is 0 Å². The molecule has 0 unspecified atom stereocenters. The minimum absolute atomic E-state index is 0.226. The number of para-hydroxylation sites is 4. The van der Waals surface area contributed by atoms with Crippen LogP contribution in [0.15, 0.2) is 72.8 Å². The Morgan fingerprint density at radius 3 is 1.26 bits per heavy atom. The zero-order chi connectivity index (χ0) is 32.8. The molecule has 1 aliphatic heterocycles. The molecule has 4 rings (SSSR count). The van der Waals surface area contributed by atoms with E-state index in [2.05, 4.69) is 13.8 Å². The number of benzene rings is 3. The summed E-state index contributed by atoms with van der Waals surface area (Å²) < 4.78 is 23.1. The van der Waals surface area contributed by atoms with Crippen LogP contribution in [0.4, 0.5) is 0 Å². The Kier molecular flexibility index (Phi) is 17.1. The first-order chi connectivity index (χ1) is 22.6. The zero-order valence-corrected chi connectivity index (χ0v) is 27.7. The monoisotopic (exact) mass is 632 g/mol. The molecule has 8 nitrogen and oxygen atoms in total. The molecule has 0 spiro atoms. The molecule has 2 amide bonds. The second-order valence-electron chi connectivity index (χ2n) is 11.2. The van der Waals surface area contributed by atoms with Crippen LogP contribution in [0.5, 0.6) is 23.0 Å². The van der Waals surface area contributed by atoms with Crippen molar-refractivity contribution in [3.63, 3.8) is 0 Å². The standard InChI is InChI=1S/C23H27NO4.C15H25NO2/c1-2-3-4-9-16-27-20-13-7-8-14-21(20)28-17-10-15-24-22(25)18-11-5-6-12-19(18)23(24)26;1-2-3-4-7-12-17-14-9-5-6-10-15(14)18-13-8-11-16/h5-8,11-14H,2-4,9-10,15-17H2,1H3;5-6,9-10H,2-4,7-8,11-13,16H2,1H3. The Labute approximate surface area is 275 Å². The van der Waals surface area contributed by atoms with Crippen molar-refractivity contribution in [3.05, 3.63) is 83.9 Å². The summed E-state index contributed by atoms with van der Waals surface area (Å²) in [6.07, 6.45) is 10.9. The van der Waals surface area contributed by atoms with Gasteiger partial charge >= 0.3 is 0 Å². The number of nitrogens with two attached hydrogens (primary N) is 1. The number of hydrogen-bond donors (Lipinski definition) is 1. The fraction of sp³-hybridized carbons (Fsp3) is 0.474. The van der Waals surface area contributed by atoms with E-state index in [1.165, 1.54) is 43.4 Å². The summed E-state index contributed by atoms with van der Waals surface area (Å²) in [5.74, 6) is 2.64. The maximum absolute atomic E-state index is 12.4. The SMILES string of the molecule is CCCCCCOc1ccccc1OCCCN.CCCCCCOc1ccccc1OCCCN1C(=O)c2ccccc2C1=O. The van der Waals surface area contributed by atoms with Crippen LogP contribution in [0.1, 0.15) is 98.8 Å². The Hall–Kier alpha value is -4.04. The molecule has 8 heteroatoms. The molecule has 46 heavy (non-hydrogen) atoms. The number of carbonyl (C=O) groups is 2. The van der Waals surface area contributed by atoms with Gasteiger partial charge in [-0.1, -0.05) is 88.8 Å². The maximum atomic E-state index is 12.4. The molecule has 3 aromatic carbocycles. The smallest absolute Gasteiger partial charge is 0.261 e. The van der Waals surface area contributed by atoms with E-state index in [-0.39, 0.29) is 11.8 Å². The van der Waals surface area contributed by atoms with Crippen LogP contribution in [0.25, 0.3) is 0 Å². The number of nitrogens with zero attached hydrogens (tertiary/aromatic N) is 1. The molecule has 1 heterocycles. The molecule has 0 saturated carbocycles. The van der Waals surface area contributed by atoms with Crippen LogP contribution in [0, 0.1) is 0 Å². The highest BCUT2D eigenvalue weighted by Gasteiger charge is 2.34. The lowest BCUT2D eigenvalue weighted by molar-refractivity contribution is 0.0646. The first-order valence-corrected chi connectivity index (χ1v) is 16.9. The number of rotatable bonds is 21. The van der Waals surface area contributed by atoms with Crippen molar-refractivity contribution >= 4 is 11.8 Å². The van der Waals surface area contributed by atoms with Gasteiger partial charge in [0.1, 0.15) is 0 Å². The van der Waals surface area contributed by atoms with Gasteiger partial charge in [0.25, 0.3) is 11.8 Å². The van der Waals surface area contributed by atoms with Crippen molar-refractivity contribution in [1.82, 2.24) is 4.90 Å². The number of unbranched alkanes of at least 4 members (excludes halogenated alkanes) is 6. The zero-order valence-electron chi connectivity index (χ0n) is 27.7. The number of fused-ring (bicyclic) bond motifs is 1. The Morgan fingerprint density at radius 1 is 0.500 bits per heavy atom. The predicted molar refractivity (Wildman–Crippen MR) is 183 cm³/mol. The van der Waals surface area contributed by atoms with Gasteiger partial charge in [0.2, 0.25) is 0 Å². The Morgan fingerprint density at radius 2 is 0.870 bits per heavy atom. The molecule has 2 N–H and O–H groups in total. The highest BCUT2D eigenvalue weighted by molar-refractivity contribution is 6.21. The van der Waals surface area contributed by atoms with E-state index in [0.717, 1.165) is 43.1 Å². The average molecular weight is 633 g/mol. The summed E-state index contributed by atoms with van der Waals surface area (Å²) in [7, 11) is 0. The van der Waals surface area contributed by atoms with E-state index in [1.54, 1.807) is 24.3 Å². The molecule has 0 saturated heterocycles. The van der Waals surface area contributed by atoms with Crippen molar-refractivity contribution in [1.29, 1.82) is 0 Å². The molecular formula is C38H52N2O6. The van der Waals surface area contributed by atoms with Crippen molar-refractivity contribution in [2.75, 3.05) is 39.5 Å². The highest BCUT2D eigenvalue weighted by atomic mass is 16.5. The lowest BCUT2D eigenvalue weighted by atomic mass is 10.1. The average Bonchev–Trinajstić information content (AvgIpc) is 3.33. The van der Waals surface area contributed by atoms with Crippen molar-refractivity contribution in [2.24, 2.45) is 5.73 Å². The molecule has 3 aromatic rings. The van der Waals surface area contributed by atoms with Crippen LogP contribution < -0.4 is 24.7 Å². The van der Waals surface area contributed by atoms with E-state index >= 15 is 0 Å². The van der Waals surface area contributed by atoms with Crippen molar-refractivity contribution in [3.8, 4) is 23.0 Å². The van der Waals surface area contributed by atoms with Gasteiger partial charge < -0.3 is 24.7 Å². The normalized spacial score (nSPS) is 11.9. The molecule has 0 bridgehead atoms. The largest absolute Gasteiger partial charge is 0.490 e. The lowest BCUT2D eigenvalue weighted by Gasteiger charge is -2.15. The third-order valence-electron chi connectivity index (χ3n) is 7.48.